The normalized spacial score (nSPS) is 25.7. The van der Waals surface area contributed by atoms with Crippen LogP contribution in [0.15, 0.2) is 24.3 Å². The van der Waals surface area contributed by atoms with Gasteiger partial charge in [0.15, 0.2) is 0 Å². The predicted octanol–water partition coefficient (Wildman–Crippen LogP) is 2.88. The van der Waals surface area contributed by atoms with Gasteiger partial charge in [0.05, 0.1) is 11.7 Å². The highest BCUT2D eigenvalue weighted by Gasteiger charge is 2.43. The van der Waals surface area contributed by atoms with E-state index in [1.807, 2.05) is 13.0 Å². The number of carboxylic acids is 1. The monoisotopic (exact) mass is 331 g/mol. The standard InChI is InChI=1S/C19H25NO4/c1-2-24-16-11-14-8-9-15(12-16)20(14)18(21)10-7-13-5-3-4-6-17(13)19(22)23/h3-6,14-16H,2,7-12H2,1H3,(H,22,23). The number of carboxylic acid groups (broad SMARTS) is 1. The van der Waals surface area contributed by atoms with E-state index >= 15 is 0 Å². The van der Waals surface area contributed by atoms with Crippen molar-refractivity contribution in [1.82, 2.24) is 4.90 Å². The smallest absolute Gasteiger partial charge is 0.335 e. The molecule has 3 rings (SSSR count). The molecule has 2 heterocycles. The lowest BCUT2D eigenvalue weighted by Gasteiger charge is -2.39. The molecule has 2 aliphatic rings. The minimum Gasteiger partial charge on any atom is -0.478 e. The molecule has 0 spiro atoms. The van der Waals surface area contributed by atoms with Gasteiger partial charge in [0.1, 0.15) is 0 Å². The van der Waals surface area contributed by atoms with Crippen LogP contribution in [-0.2, 0) is 16.0 Å². The first-order valence-corrected chi connectivity index (χ1v) is 8.84. The van der Waals surface area contributed by atoms with E-state index in [1.54, 1.807) is 18.2 Å². The topological polar surface area (TPSA) is 66.8 Å². The molecule has 0 aliphatic carbocycles. The van der Waals surface area contributed by atoms with Crippen molar-refractivity contribution >= 4 is 11.9 Å². The van der Waals surface area contributed by atoms with Crippen molar-refractivity contribution < 1.29 is 19.4 Å². The Bertz CT molecular complexity index is 601. The van der Waals surface area contributed by atoms with Crippen LogP contribution in [0.4, 0.5) is 0 Å². The van der Waals surface area contributed by atoms with Crippen LogP contribution >= 0.6 is 0 Å². The number of amides is 1. The van der Waals surface area contributed by atoms with Crippen molar-refractivity contribution in [3.8, 4) is 0 Å². The summed E-state index contributed by atoms with van der Waals surface area (Å²) in [5.41, 5.74) is 1.03. The van der Waals surface area contributed by atoms with Crippen molar-refractivity contribution in [2.75, 3.05) is 6.61 Å². The average molecular weight is 331 g/mol. The van der Waals surface area contributed by atoms with Crippen molar-refractivity contribution in [3.05, 3.63) is 35.4 Å². The molecule has 130 valence electrons. The van der Waals surface area contributed by atoms with E-state index in [0.29, 0.717) is 30.5 Å². The van der Waals surface area contributed by atoms with Gasteiger partial charge in [-0.15, -0.1) is 0 Å². The zero-order valence-corrected chi connectivity index (χ0v) is 14.1. The second-order valence-corrected chi connectivity index (χ2v) is 6.70. The molecule has 2 bridgehead atoms. The highest BCUT2D eigenvalue weighted by molar-refractivity contribution is 5.89. The number of hydrogen-bond donors (Lipinski definition) is 1. The number of hydrogen-bond acceptors (Lipinski definition) is 3. The minimum absolute atomic E-state index is 0.151. The summed E-state index contributed by atoms with van der Waals surface area (Å²) >= 11 is 0. The lowest BCUT2D eigenvalue weighted by Crippen LogP contribution is -2.48. The number of carbonyl (C=O) groups is 2. The number of piperidine rings is 1. The molecular weight excluding hydrogens is 306 g/mol. The van der Waals surface area contributed by atoms with Crippen LogP contribution in [0.5, 0.6) is 0 Å². The number of fused-ring (bicyclic) bond motifs is 2. The largest absolute Gasteiger partial charge is 0.478 e. The molecule has 1 amide bonds. The van der Waals surface area contributed by atoms with Crippen LogP contribution in [0.2, 0.25) is 0 Å². The highest BCUT2D eigenvalue weighted by atomic mass is 16.5. The van der Waals surface area contributed by atoms with Crippen LogP contribution in [0.1, 0.15) is 54.9 Å². The molecule has 2 unspecified atom stereocenters. The molecule has 5 heteroatoms. The van der Waals surface area contributed by atoms with E-state index < -0.39 is 5.97 Å². The molecule has 24 heavy (non-hydrogen) atoms. The van der Waals surface area contributed by atoms with Gasteiger partial charge >= 0.3 is 5.97 Å². The van der Waals surface area contributed by atoms with Gasteiger partial charge in [0, 0.05) is 25.1 Å². The zero-order chi connectivity index (χ0) is 17.1. The third-order valence-electron chi connectivity index (χ3n) is 5.24. The molecule has 5 nitrogen and oxygen atoms in total. The molecule has 1 aromatic carbocycles. The number of rotatable bonds is 6. The van der Waals surface area contributed by atoms with Crippen LogP contribution in [-0.4, -0.2) is 46.7 Å². The van der Waals surface area contributed by atoms with E-state index in [-0.39, 0.29) is 12.0 Å². The van der Waals surface area contributed by atoms with Gasteiger partial charge < -0.3 is 14.7 Å². The predicted molar refractivity (Wildman–Crippen MR) is 90.0 cm³/mol. The summed E-state index contributed by atoms with van der Waals surface area (Å²) < 4.78 is 5.76. The molecule has 2 saturated heterocycles. The first-order chi connectivity index (χ1) is 11.6. The van der Waals surface area contributed by atoms with Gasteiger partial charge in [0.2, 0.25) is 5.91 Å². The molecule has 0 radical (unpaired) electrons. The summed E-state index contributed by atoms with van der Waals surface area (Å²) in [6, 6.07) is 7.52. The number of aryl methyl sites for hydroxylation is 1. The fourth-order valence-corrected chi connectivity index (χ4v) is 4.22. The zero-order valence-electron chi connectivity index (χ0n) is 14.1. The second-order valence-electron chi connectivity index (χ2n) is 6.70. The first kappa shape index (κ1) is 17.0. The third-order valence-corrected chi connectivity index (χ3v) is 5.24. The number of nitrogens with zero attached hydrogens (tertiary/aromatic N) is 1. The number of ether oxygens (including phenoxy) is 1. The van der Waals surface area contributed by atoms with Gasteiger partial charge in [-0.05, 0) is 50.7 Å². The second kappa shape index (κ2) is 7.34. The van der Waals surface area contributed by atoms with Gasteiger partial charge in [-0.3, -0.25) is 4.79 Å². The molecule has 0 aromatic heterocycles. The van der Waals surface area contributed by atoms with Gasteiger partial charge in [-0.2, -0.15) is 0 Å². The molecular formula is C19H25NO4. The number of aromatic carboxylic acids is 1. The Morgan fingerprint density at radius 2 is 1.88 bits per heavy atom. The first-order valence-electron chi connectivity index (χ1n) is 8.84. The van der Waals surface area contributed by atoms with Gasteiger partial charge in [-0.1, -0.05) is 18.2 Å². The molecule has 1 aromatic rings. The Hall–Kier alpha value is -1.88. The maximum Gasteiger partial charge on any atom is 0.335 e. The van der Waals surface area contributed by atoms with E-state index in [1.165, 1.54) is 0 Å². The van der Waals surface area contributed by atoms with E-state index in [4.69, 9.17) is 4.74 Å². The van der Waals surface area contributed by atoms with Crippen LogP contribution in [0.3, 0.4) is 0 Å². The molecule has 2 aliphatic heterocycles. The van der Waals surface area contributed by atoms with E-state index in [9.17, 15) is 14.7 Å². The van der Waals surface area contributed by atoms with Crippen molar-refractivity contribution in [3.63, 3.8) is 0 Å². The maximum absolute atomic E-state index is 12.7. The SMILES string of the molecule is CCOC1CC2CCC(C1)N2C(=O)CCc1ccccc1C(=O)O. The lowest BCUT2D eigenvalue weighted by molar-refractivity contribution is -0.138. The summed E-state index contributed by atoms with van der Waals surface area (Å²) in [5, 5.41) is 9.24. The Morgan fingerprint density at radius 3 is 2.50 bits per heavy atom. The number of carbonyl (C=O) groups excluding carboxylic acids is 1. The maximum atomic E-state index is 12.7. The van der Waals surface area contributed by atoms with Crippen LogP contribution in [0, 0.1) is 0 Å². The average Bonchev–Trinajstić information content (AvgIpc) is 2.84. The summed E-state index contributed by atoms with van der Waals surface area (Å²) in [6.45, 7) is 2.74. The molecule has 2 atom stereocenters. The summed E-state index contributed by atoms with van der Waals surface area (Å²) in [5.74, 6) is -0.784. The van der Waals surface area contributed by atoms with Crippen molar-refractivity contribution in [2.24, 2.45) is 0 Å². The van der Waals surface area contributed by atoms with Crippen molar-refractivity contribution in [2.45, 2.75) is 63.6 Å². The van der Waals surface area contributed by atoms with E-state index in [0.717, 1.165) is 37.9 Å². The third kappa shape index (κ3) is 3.46. The summed E-state index contributed by atoms with van der Waals surface area (Å²) in [4.78, 5) is 26.0. The Kier molecular flexibility index (Phi) is 5.19. The van der Waals surface area contributed by atoms with Gasteiger partial charge in [0.25, 0.3) is 0 Å². The van der Waals surface area contributed by atoms with Gasteiger partial charge in [-0.25, -0.2) is 4.79 Å². The summed E-state index contributed by atoms with van der Waals surface area (Å²) in [7, 11) is 0. The Balaban J connectivity index is 1.62. The number of benzene rings is 1. The van der Waals surface area contributed by atoms with Crippen LogP contribution < -0.4 is 0 Å². The lowest BCUT2D eigenvalue weighted by atomic mass is 9.97. The van der Waals surface area contributed by atoms with Crippen LogP contribution in [0.25, 0.3) is 0 Å². The molecule has 2 fully saturated rings. The Morgan fingerprint density at radius 1 is 1.21 bits per heavy atom. The Labute approximate surface area is 142 Å². The minimum atomic E-state index is -0.935. The quantitative estimate of drug-likeness (QED) is 0.870. The fraction of sp³-hybridized carbons (Fsp3) is 0.579. The molecule has 0 saturated carbocycles. The van der Waals surface area contributed by atoms with E-state index in [2.05, 4.69) is 4.90 Å². The molecule has 1 N–H and O–H groups in total. The fourth-order valence-electron chi connectivity index (χ4n) is 4.22. The highest BCUT2D eigenvalue weighted by Crippen LogP contribution is 2.37. The summed E-state index contributed by atoms with van der Waals surface area (Å²) in [6.07, 6.45) is 5.12. The van der Waals surface area contributed by atoms with Crippen molar-refractivity contribution in [1.29, 1.82) is 0 Å².